The first-order chi connectivity index (χ1) is 4.83. The van der Waals surface area contributed by atoms with E-state index in [9.17, 15) is 18.4 Å². The summed E-state index contributed by atoms with van der Waals surface area (Å²) in [5.74, 6) is -3.25. The summed E-state index contributed by atoms with van der Waals surface area (Å²) in [5, 5.41) is 0. The molecular formula is C5H4Br2F2O2. The first kappa shape index (κ1) is 11.2. The first-order valence-corrected chi connectivity index (χ1v) is 4.16. The van der Waals surface area contributed by atoms with Crippen molar-refractivity contribution in [2.24, 2.45) is 0 Å². The highest BCUT2D eigenvalue weighted by Gasteiger charge is 2.33. The third kappa shape index (κ3) is 6.55. The van der Waals surface area contributed by atoms with E-state index < -0.39 is 28.1 Å². The van der Waals surface area contributed by atoms with Crippen molar-refractivity contribution >= 4 is 41.2 Å². The van der Waals surface area contributed by atoms with Crippen LogP contribution in [0.4, 0.5) is 8.78 Å². The Bertz CT molecular complexity index is 163. The standard InChI is InChI=1S/C5H4Br2F2O2/c6-3(10)1-5(8,9)2-4(7)11/h1-2H2. The van der Waals surface area contributed by atoms with Crippen molar-refractivity contribution in [2.45, 2.75) is 18.8 Å². The molecule has 64 valence electrons. The van der Waals surface area contributed by atoms with Crippen molar-refractivity contribution in [1.82, 2.24) is 0 Å². The van der Waals surface area contributed by atoms with Gasteiger partial charge in [-0.3, -0.25) is 9.59 Å². The normalized spacial score (nSPS) is 11.3. The molecule has 0 aromatic heterocycles. The molecule has 0 fully saturated rings. The predicted molar refractivity (Wildman–Crippen MR) is 42.0 cm³/mol. The molecule has 0 heterocycles. The van der Waals surface area contributed by atoms with Crippen LogP contribution in [0.3, 0.4) is 0 Å². The number of hydrogen-bond acceptors (Lipinski definition) is 2. The Labute approximate surface area is 78.6 Å². The highest BCUT2D eigenvalue weighted by atomic mass is 79.9. The summed E-state index contributed by atoms with van der Waals surface area (Å²) >= 11 is 4.71. The highest BCUT2D eigenvalue weighted by Crippen LogP contribution is 2.25. The Morgan fingerprint density at radius 1 is 1.09 bits per heavy atom. The molecule has 11 heavy (non-hydrogen) atoms. The van der Waals surface area contributed by atoms with Crippen LogP contribution in [0.2, 0.25) is 0 Å². The molecule has 0 aliphatic carbocycles. The van der Waals surface area contributed by atoms with E-state index in [0.717, 1.165) is 0 Å². The van der Waals surface area contributed by atoms with Gasteiger partial charge in [-0.1, -0.05) is 0 Å². The van der Waals surface area contributed by atoms with E-state index in [0.29, 0.717) is 0 Å². The van der Waals surface area contributed by atoms with Gasteiger partial charge in [-0.05, 0) is 31.9 Å². The Morgan fingerprint density at radius 3 is 1.55 bits per heavy atom. The van der Waals surface area contributed by atoms with Crippen molar-refractivity contribution in [3.05, 3.63) is 0 Å². The van der Waals surface area contributed by atoms with Crippen LogP contribution in [0.5, 0.6) is 0 Å². The summed E-state index contributed by atoms with van der Waals surface area (Å²) < 4.78 is 23.2. The number of rotatable bonds is 4. The fourth-order valence-corrected chi connectivity index (χ4v) is 1.29. The van der Waals surface area contributed by atoms with Crippen molar-refractivity contribution < 1.29 is 18.4 Å². The summed E-state index contributed by atoms with van der Waals surface area (Å²) in [6.45, 7) is 0. The molecule has 0 atom stereocenters. The minimum Gasteiger partial charge on any atom is -0.286 e. The van der Waals surface area contributed by atoms with Crippen molar-refractivity contribution in [3.63, 3.8) is 0 Å². The largest absolute Gasteiger partial charge is 0.286 e. The van der Waals surface area contributed by atoms with E-state index in [-0.39, 0.29) is 0 Å². The average molecular weight is 294 g/mol. The van der Waals surface area contributed by atoms with E-state index in [4.69, 9.17) is 0 Å². The average Bonchev–Trinajstić information content (AvgIpc) is 1.53. The SMILES string of the molecule is O=C(Br)CC(F)(F)CC(=O)Br. The van der Waals surface area contributed by atoms with Gasteiger partial charge >= 0.3 is 0 Å². The third-order valence-electron chi connectivity index (χ3n) is 0.795. The molecule has 0 N–H and O–H groups in total. The molecule has 0 aromatic rings. The maximum absolute atomic E-state index is 12.4. The van der Waals surface area contributed by atoms with Crippen molar-refractivity contribution in [2.75, 3.05) is 0 Å². The topological polar surface area (TPSA) is 34.1 Å². The molecule has 0 aliphatic heterocycles. The van der Waals surface area contributed by atoms with Gasteiger partial charge in [0.25, 0.3) is 5.92 Å². The lowest BCUT2D eigenvalue weighted by Crippen LogP contribution is -2.20. The highest BCUT2D eigenvalue weighted by molar-refractivity contribution is 9.18. The number of hydrogen-bond donors (Lipinski definition) is 0. The predicted octanol–water partition coefficient (Wildman–Crippen LogP) is 2.24. The third-order valence-corrected chi connectivity index (χ3v) is 1.36. The van der Waals surface area contributed by atoms with Crippen LogP contribution in [0, 0.1) is 0 Å². The lowest BCUT2D eigenvalue weighted by atomic mass is 10.2. The lowest BCUT2D eigenvalue weighted by molar-refractivity contribution is -0.123. The molecule has 0 unspecified atom stereocenters. The molecule has 0 bridgehead atoms. The quantitative estimate of drug-likeness (QED) is 0.745. The molecule has 0 saturated carbocycles. The monoisotopic (exact) mass is 292 g/mol. The second-order valence-electron chi connectivity index (χ2n) is 1.92. The van der Waals surface area contributed by atoms with Gasteiger partial charge in [0.05, 0.1) is 12.8 Å². The van der Waals surface area contributed by atoms with E-state index in [1.54, 1.807) is 0 Å². The Hall–Kier alpha value is 0.160. The maximum Gasteiger partial charge on any atom is 0.263 e. The Balaban J connectivity index is 3.99. The molecule has 0 saturated heterocycles. The number of alkyl halides is 2. The van der Waals surface area contributed by atoms with Gasteiger partial charge in [0.2, 0.25) is 9.39 Å². The fraction of sp³-hybridized carbons (Fsp3) is 0.600. The molecule has 0 amide bonds. The summed E-state index contributed by atoms with van der Waals surface area (Å²) in [6.07, 6.45) is -1.91. The van der Waals surface area contributed by atoms with Crippen LogP contribution < -0.4 is 0 Å². The number of carbonyl (C=O) groups excluding carboxylic acids is 2. The van der Waals surface area contributed by atoms with Crippen LogP contribution in [0.25, 0.3) is 0 Å². The van der Waals surface area contributed by atoms with Crippen LogP contribution in [-0.4, -0.2) is 15.3 Å². The smallest absolute Gasteiger partial charge is 0.263 e. The summed E-state index contributed by atoms with van der Waals surface area (Å²) in [7, 11) is 0. The maximum atomic E-state index is 12.4. The van der Waals surface area contributed by atoms with Crippen molar-refractivity contribution in [1.29, 1.82) is 0 Å². The van der Waals surface area contributed by atoms with Crippen LogP contribution in [0.1, 0.15) is 12.8 Å². The van der Waals surface area contributed by atoms with Crippen LogP contribution in [-0.2, 0) is 9.59 Å². The van der Waals surface area contributed by atoms with Gasteiger partial charge in [-0.25, -0.2) is 8.78 Å². The first-order valence-electron chi connectivity index (χ1n) is 2.58. The Kier molecular flexibility index (Phi) is 4.31. The van der Waals surface area contributed by atoms with E-state index >= 15 is 0 Å². The van der Waals surface area contributed by atoms with Crippen LogP contribution >= 0.6 is 31.9 Å². The van der Waals surface area contributed by atoms with E-state index in [2.05, 4.69) is 31.9 Å². The number of carbonyl (C=O) groups is 2. The summed E-state index contributed by atoms with van der Waals surface area (Å²) in [6, 6.07) is 0. The zero-order valence-corrected chi connectivity index (χ0v) is 8.41. The second kappa shape index (κ2) is 4.25. The van der Waals surface area contributed by atoms with Gasteiger partial charge in [0.15, 0.2) is 0 Å². The second-order valence-corrected chi connectivity index (χ2v) is 3.69. The zero-order chi connectivity index (χ0) is 9.07. The molecule has 0 rings (SSSR count). The van der Waals surface area contributed by atoms with E-state index in [1.165, 1.54) is 0 Å². The zero-order valence-electron chi connectivity index (χ0n) is 5.24. The van der Waals surface area contributed by atoms with Gasteiger partial charge in [-0.2, -0.15) is 0 Å². The number of halogens is 4. The molecule has 6 heteroatoms. The molecule has 0 spiro atoms. The molecule has 0 aromatic carbocycles. The molecule has 2 nitrogen and oxygen atoms in total. The van der Waals surface area contributed by atoms with E-state index in [1.807, 2.05) is 0 Å². The summed E-state index contributed by atoms with van der Waals surface area (Å²) in [5.41, 5.74) is 0. The Morgan fingerprint density at radius 2 is 1.36 bits per heavy atom. The van der Waals surface area contributed by atoms with Gasteiger partial charge in [0.1, 0.15) is 0 Å². The van der Waals surface area contributed by atoms with Crippen LogP contribution in [0.15, 0.2) is 0 Å². The molecule has 0 radical (unpaired) electrons. The minimum absolute atomic E-state index is 0.809. The molecular weight excluding hydrogens is 290 g/mol. The van der Waals surface area contributed by atoms with Gasteiger partial charge in [-0.15, -0.1) is 0 Å². The lowest BCUT2D eigenvalue weighted by Gasteiger charge is -2.10. The summed E-state index contributed by atoms with van der Waals surface area (Å²) in [4.78, 5) is 20.3. The van der Waals surface area contributed by atoms with Gasteiger partial charge < -0.3 is 0 Å². The van der Waals surface area contributed by atoms with Gasteiger partial charge in [0, 0.05) is 0 Å². The molecule has 0 aliphatic rings. The van der Waals surface area contributed by atoms with Crippen molar-refractivity contribution in [3.8, 4) is 0 Å². The minimum atomic E-state index is -3.25. The fourth-order valence-electron chi connectivity index (χ4n) is 0.469.